The summed E-state index contributed by atoms with van der Waals surface area (Å²) in [6.45, 7) is 1.34. The van der Waals surface area contributed by atoms with Crippen LogP contribution >= 0.6 is 11.8 Å². The molecule has 1 atom stereocenters. The second kappa shape index (κ2) is 3.33. The van der Waals surface area contributed by atoms with E-state index in [0.717, 1.165) is 12.3 Å². The Labute approximate surface area is 53.7 Å². The largest absolute Gasteiger partial charge is 0.395 e. The van der Waals surface area contributed by atoms with Crippen LogP contribution in [0, 0.1) is 0 Å². The zero-order valence-corrected chi connectivity index (χ0v) is 5.58. The van der Waals surface area contributed by atoms with Crippen molar-refractivity contribution in [2.45, 2.75) is 6.04 Å². The summed E-state index contributed by atoms with van der Waals surface area (Å²) in [6.07, 6.45) is 0. The van der Waals surface area contributed by atoms with Crippen LogP contribution in [0.5, 0.6) is 0 Å². The van der Waals surface area contributed by atoms with Crippen LogP contribution < -0.4 is 5.32 Å². The molecular formula is C5H11NOS. The molecule has 1 aliphatic rings. The van der Waals surface area contributed by atoms with Crippen LogP contribution in [-0.4, -0.2) is 35.8 Å². The average Bonchev–Trinajstić information content (AvgIpc) is 1.90. The molecule has 2 N–H and O–H groups in total. The molecule has 0 bridgehead atoms. The van der Waals surface area contributed by atoms with Gasteiger partial charge in [0.15, 0.2) is 0 Å². The quantitative estimate of drug-likeness (QED) is 0.514. The summed E-state index contributed by atoms with van der Waals surface area (Å²) >= 11 is 1.91. The minimum absolute atomic E-state index is 0.285. The summed E-state index contributed by atoms with van der Waals surface area (Å²) in [5.41, 5.74) is 0. The molecule has 0 aromatic heterocycles. The van der Waals surface area contributed by atoms with E-state index in [1.807, 2.05) is 11.8 Å². The van der Waals surface area contributed by atoms with Crippen LogP contribution in [0.1, 0.15) is 0 Å². The van der Waals surface area contributed by atoms with Gasteiger partial charge in [0, 0.05) is 24.1 Å². The Bertz CT molecular complexity index is 63.4. The van der Waals surface area contributed by atoms with E-state index in [9.17, 15) is 0 Å². The molecule has 0 aromatic carbocycles. The van der Waals surface area contributed by atoms with Gasteiger partial charge in [-0.25, -0.2) is 0 Å². The maximum Gasteiger partial charge on any atom is 0.0592 e. The van der Waals surface area contributed by atoms with Gasteiger partial charge in [0.2, 0.25) is 0 Å². The fourth-order valence-corrected chi connectivity index (χ4v) is 1.67. The maximum atomic E-state index is 8.62. The van der Waals surface area contributed by atoms with E-state index in [1.54, 1.807) is 0 Å². The van der Waals surface area contributed by atoms with Gasteiger partial charge in [-0.2, -0.15) is 11.8 Å². The summed E-state index contributed by atoms with van der Waals surface area (Å²) in [5.74, 6) is 2.26. The van der Waals surface area contributed by atoms with Gasteiger partial charge in [-0.05, 0) is 0 Å². The molecule has 0 aliphatic carbocycles. The highest BCUT2D eigenvalue weighted by Gasteiger charge is 2.09. The van der Waals surface area contributed by atoms with E-state index in [4.69, 9.17) is 5.11 Å². The fourth-order valence-electron chi connectivity index (χ4n) is 0.737. The van der Waals surface area contributed by atoms with Gasteiger partial charge < -0.3 is 10.4 Å². The van der Waals surface area contributed by atoms with Crippen molar-refractivity contribution in [1.29, 1.82) is 0 Å². The molecule has 1 saturated heterocycles. The minimum atomic E-state index is 0.285. The molecule has 0 radical (unpaired) electrons. The van der Waals surface area contributed by atoms with Gasteiger partial charge >= 0.3 is 0 Å². The predicted octanol–water partition coefficient (Wildman–Crippen LogP) is -0.316. The molecule has 0 spiro atoms. The summed E-state index contributed by atoms with van der Waals surface area (Å²) in [6, 6.07) is 0.355. The molecule has 1 aliphatic heterocycles. The lowest BCUT2D eigenvalue weighted by Crippen LogP contribution is -2.39. The Morgan fingerprint density at radius 1 is 1.75 bits per heavy atom. The number of hydrogen-bond acceptors (Lipinski definition) is 3. The van der Waals surface area contributed by atoms with E-state index in [0.29, 0.717) is 6.04 Å². The Hall–Kier alpha value is 0.270. The third-order valence-electron chi connectivity index (χ3n) is 1.22. The van der Waals surface area contributed by atoms with Gasteiger partial charge in [-0.15, -0.1) is 0 Å². The fraction of sp³-hybridized carbons (Fsp3) is 1.00. The number of nitrogens with one attached hydrogen (secondary N) is 1. The van der Waals surface area contributed by atoms with Crippen LogP contribution in [0.3, 0.4) is 0 Å². The molecular weight excluding hydrogens is 122 g/mol. The van der Waals surface area contributed by atoms with E-state index < -0.39 is 0 Å². The normalized spacial score (nSPS) is 30.4. The lowest BCUT2D eigenvalue weighted by atomic mass is 10.3. The molecule has 48 valence electrons. The van der Waals surface area contributed by atoms with Crippen molar-refractivity contribution in [3.63, 3.8) is 0 Å². The first-order chi connectivity index (χ1) is 3.93. The van der Waals surface area contributed by atoms with Gasteiger partial charge in [0.05, 0.1) is 6.61 Å². The molecule has 1 unspecified atom stereocenters. The molecule has 1 heterocycles. The molecule has 8 heavy (non-hydrogen) atoms. The van der Waals surface area contributed by atoms with E-state index in [1.165, 1.54) is 5.75 Å². The van der Waals surface area contributed by atoms with E-state index >= 15 is 0 Å². The van der Waals surface area contributed by atoms with Gasteiger partial charge in [0.1, 0.15) is 0 Å². The van der Waals surface area contributed by atoms with Crippen LogP contribution in [0.25, 0.3) is 0 Å². The Morgan fingerprint density at radius 3 is 3.00 bits per heavy atom. The zero-order valence-electron chi connectivity index (χ0n) is 4.76. The Morgan fingerprint density at radius 2 is 2.62 bits per heavy atom. The Kier molecular flexibility index (Phi) is 2.66. The van der Waals surface area contributed by atoms with Crippen molar-refractivity contribution in [3.05, 3.63) is 0 Å². The van der Waals surface area contributed by atoms with E-state index in [2.05, 4.69) is 5.32 Å². The van der Waals surface area contributed by atoms with Crippen molar-refractivity contribution in [1.82, 2.24) is 5.32 Å². The third kappa shape index (κ3) is 1.65. The Balaban J connectivity index is 2.13. The summed E-state index contributed by atoms with van der Waals surface area (Å²) in [7, 11) is 0. The van der Waals surface area contributed by atoms with Crippen LogP contribution in [0.2, 0.25) is 0 Å². The summed E-state index contributed by atoms with van der Waals surface area (Å²) in [4.78, 5) is 0. The summed E-state index contributed by atoms with van der Waals surface area (Å²) in [5, 5.41) is 11.8. The number of rotatable bonds is 1. The molecule has 0 amide bonds. The number of hydrogen-bond donors (Lipinski definition) is 2. The standard InChI is InChI=1S/C5H11NOS/c7-3-5-4-8-2-1-6-5/h5-7H,1-4H2. The van der Waals surface area contributed by atoms with Crippen molar-refractivity contribution in [3.8, 4) is 0 Å². The zero-order chi connectivity index (χ0) is 5.82. The van der Waals surface area contributed by atoms with Gasteiger partial charge in [-0.3, -0.25) is 0 Å². The minimum Gasteiger partial charge on any atom is -0.395 e. The van der Waals surface area contributed by atoms with E-state index in [-0.39, 0.29) is 6.61 Å². The number of thioether (sulfide) groups is 1. The SMILES string of the molecule is OCC1CSCCN1. The molecule has 1 fully saturated rings. The number of aliphatic hydroxyl groups is 1. The van der Waals surface area contributed by atoms with Crippen LogP contribution in [-0.2, 0) is 0 Å². The first kappa shape index (κ1) is 6.39. The molecule has 0 aromatic rings. The first-order valence-electron chi connectivity index (χ1n) is 2.85. The first-order valence-corrected chi connectivity index (χ1v) is 4.01. The topological polar surface area (TPSA) is 32.3 Å². The highest BCUT2D eigenvalue weighted by atomic mass is 32.2. The lowest BCUT2D eigenvalue weighted by molar-refractivity contribution is 0.254. The molecule has 1 rings (SSSR count). The lowest BCUT2D eigenvalue weighted by Gasteiger charge is -2.20. The van der Waals surface area contributed by atoms with Crippen molar-refractivity contribution in [2.24, 2.45) is 0 Å². The highest BCUT2D eigenvalue weighted by molar-refractivity contribution is 7.99. The second-order valence-electron chi connectivity index (χ2n) is 1.91. The van der Waals surface area contributed by atoms with Crippen molar-refractivity contribution >= 4 is 11.8 Å². The van der Waals surface area contributed by atoms with Gasteiger partial charge in [-0.1, -0.05) is 0 Å². The number of aliphatic hydroxyl groups excluding tert-OH is 1. The van der Waals surface area contributed by atoms with Crippen molar-refractivity contribution < 1.29 is 5.11 Å². The van der Waals surface area contributed by atoms with Crippen LogP contribution in [0.4, 0.5) is 0 Å². The predicted molar refractivity (Wildman–Crippen MR) is 36.2 cm³/mol. The third-order valence-corrected chi connectivity index (χ3v) is 2.35. The monoisotopic (exact) mass is 133 g/mol. The van der Waals surface area contributed by atoms with Crippen molar-refractivity contribution in [2.75, 3.05) is 24.7 Å². The molecule has 3 heteroatoms. The summed E-state index contributed by atoms with van der Waals surface area (Å²) < 4.78 is 0. The second-order valence-corrected chi connectivity index (χ2v) is 3.06. The average molecular weight is 133 g/mol. The smallest absolute Gasteiger partial charge is 0.0592 e. The van der Waals surface area contributed by atoms with Crippen LogP contribution in [0.15, 0.2) is 0 Å². The maximum absolute atomic E-state index is 8.62. The van der Waals surface area contributed by atoms with Gasteiger partial charge in [0.25, 0.3) is 0 Å². The highest BCUT2D eigenvalue weighted by Crippen LogP contribution is 2.05. The molecule has 2 nitrogen and oxygen atoms in total. The molecule has 0 saturated carbocycles.